The van der Waals surface area contributed by atoms with Crippen molar-refractivity contribution in [3.63, 3.8) is 0 Å². The van der Waals surface area contributed by atoms with Gasteiger partial charge in [-0.25, -0.2) is 13.1 Å². The molecule has 1 heterocycles. The maximum atomic E-state index is 12.1. The molecule has 1 saturated heterocycles. The predicted octanol–water partition coefficient (Wildman–Crippen LogP) is 1.24. The maximum Gasteiger partial charge on any atom is 0.240 e. The van der Waals surface area contributed by atoms with Crippen LogP contribution in [-0.2, 0) is 14.8 Å². The monoisotopic (exact) mass is 271 g/mol. The van der Waals surface area contributed by atoms with Gasteiger partial charge in [-0.1, -0.05) is 6.07 Å². The number of rotatable bonds is 3. The van der Waals surface area contributed by atoms with Crippen LogP contribution >= 0.6 is 0 Å². The van der Waals surface area contributed by atoms with Gasteiger partial charge in [0.15, 0.2) is 0 Å². The minimum Gasteiger partial charge on any atom is -0.508 e. The first-order valence-corrected chi connectivity index (χ1v) is 7.38. The van der Waals surface area contributed by atoms with Crippen molar-refractivity contribution in [1.29, 1.82) is 0 Å². The number of phenolic OH excluding ortho intramolecular Hbond substituents is 1. The van der Waals surface area contributed by atoms with Crippen molar-refractivity contribution < 1.29 is 18.3 Å². The molecule has 0 saturated carbocycles. The van der Waals surface area contributed by atoms with Crippen LogP contribution in [0, 0.1) is 0 Å². The van der Waals surface area contributed by atoms with E-state index in [1.165, 1.54) is 24.3 Å². The third-order valence-corrected chi connectivity index (χ3v) is 4.45. The van der Waals surface area contributed by atoms with Gasteiger partial charge in [0.1, 0.15) is 5.75 Å². The molecular formula is C12H17NO4S. The quantitative estimate of drug-likeness (QED) is 0.867. The molecule has 2 rings (SSSR count). The zero-order valence-corrected chi connectivity index (χ0v) is 11.0. The summed E-state index contributed by atoms with van der Waals surface area (Å²) in [5.41, 5.74) is 0. The lowest BCUT2D eigenvalue weighted by molar-refractivity contribution is 0.0173. The largest absolute Gasteiger partial charge is 0.508 e. The number of hydrogen-bond acceptors (Lipinski definition) is 4. The van der Waals surface area contributed by atoms with Gasteiger partial charge in [0, 0.05) is 12.6 Å². The zero-order chi connectivity index (χ0) is 13.2. The molecule has 1 aromatic rings. The second-order valence-electron chi connectivity index (χ2n) is 4.52. The summed E-state index contributed by atoms with van der Waals surface area (Å²) in [6, 6.07) is 5.54. The van der Waals surface area contributed by atoms with Gasteiger partial charge in [0.25, 0.3) is 0 Å². The molecule has 100 valence electrons. The molecule has 2 atom stereocenters. The third-order valence-electron chi connectivity index (χ3n) is 2.93. The van der Waals surface area contributed by atoms with E-state index in [1.54, 1.807) is 0 Å². The molecule has 2 N–H and O–H groups in total. The number of sulfonamides is 1. The average Bonchev–Trinajstić information content (AvgIpc) is 2.28. The van der Waals surface area contributed by atoms with Crippen LogP contribution < -0.4 is 4.72 Å². The SMILES string of the molecule is CC1CC(NS(=O)(=O)c2cccc(O)c2)CCO1. The van der Waals surface area contributed by atoms with E-state index in [9.17, 15) is 13.5 Å². The Morgan fingerprint density at radius 2 is 2.22 bits per heavy atom. The van der Waals surface area contributed by atoms with Crippen LogP contribution in [0.15, 0.2) is 29.2 Å². The highest BCUT2D eigenvalue weighted by Crippen LogP contribution is 2.19. The molecule has 0 bridgehead atoms. The molecule has 2 unspecified atom stereocenters. The van der Waals surface area contributed by atoms with Crippen LogP contribution in [-0.4, -0.2) is 32.3 Å². The summed E-state index contributed by atoms with van der Waals surface area (Å²) in [5.74, 6) is -0.0572. The first-order valence-electron chi connectivity index (χ1n) is 5.90. The summed E-state index contributed by atoms with van der Waals surface area (Å²) in [5, 5.41) is 9.31. The van der Waals surface area contributed by atoms with E-state index in [1.807, 2.05) is 6.92 Å². The van der Waals surface area contributed by atoms with E-state index in [2.05, 4.69) is 4.72 Å². The first-order chi connectivity index (χ1) is 8.47. The topological polar surface area (TPSA) is 75.6 Å². The number of hydrogen-bond donors (Lipinski definition) is 2. The Hall–Kier alpha value is -1.11. The fourth-order valence-electron chi connectivity index (χ4n) is 2.04. The summed E-state index contributed by atoms with van der Waals surface area (Å²) in [4.78, 5) is 0.0849. The number of nitrogens with one attached hydrogen (secondary N) is 1. The van der Waals surface area contributed by atoms with Crippen LogP contribution in [0.25, 0.3) is 0 Å². The van der Waals surface area contributed by atoms with E-state index in [0.717, 1.165) is 0 Å². The van der Waals surface area contributed by atoms with Crippen molar-refractivity contribution >= 4 is 10.0 Å². The molecule has 0 spiro atoms. The van der Waals surface area contributed by atoms with E-state index in [4.69, 9.17) is 4.74 Å². The Balaban J connectivity index is 2.12. The van der Waals surface area contributed by atoms with E-state index in [0.29, 0.717) is 19.4 Å². The zero-order valence-electron chi connectivity index (χ0n) is 10.2. The van der Waals surface area contributed by atoms with Crippen molar-refractivity contribution in [3.8, 4) is 5.75 Å². The van der Waals surface area contributed by atoms with Gasteiger partial charge in [-0.05, 0) is 38.0 Å². The normalized spacial score (nSPS) is 24.9. The number of benzene rings is 1. The molecule has 0 radical (unpaired) electrons. The maximum absolute atomic E-state index is 12.1. The lowest BCUT2D eigenvalue weighted by Gasteiger charge is -2.27. The summed E-state index contributed by atoms with van der Waals surface area (Å²) in [6.45, 7) is 2.49. The molecule has 1 aliphatic rings. The lowest BCUT2D eigenvalue weighted by atomic mass is 10.1. The van der Waals surface area contributed by atoms with Crippen molar-refractivity contribution in [2.45, 2.75) is 36.8 Å². The minimum absolute atomic E-state index is 0.0572. The molecule has 1 aliphatic heterocycles. The van der Waals surface area contributed by atoms with Gasteiger partial charge in [-0.2, -0.15) is 0 Å². The minimum atomic E-state index is -3.57. The van der Waals surface area contributed by atoms with Gasteiger partial charge in [0.2, 0.25) is 10.0 Å². The summed E-state index contributed by atoms with van der Waals surface area (Å²) in [6.07, 6.45) is 1.40. The van der Waals surface area contributed by atoms with E-state index >= 15 is 0 Å². The van der Waals surface area contributed by atoms with E-state index in [-0.39, 0.29) is 22.8 Å². The highest BCUT2D eigenvalue weighted by molar-refractivity contribution is 7.89. The Labute approximate surface area is 107 Å². The second-order valence-corrected chi connectivity index (χ2v) is 6.24. The second kappa shape index (κ2) is 5.26. The standard InChI is InChI=1S/C12H17NO4S/c1-9-7-10(5-6-17-9)13-18(15,16)12-4-2-3-11(14)8-12/h2-4,8-10,13-14H,5-7H2,1H3. The molecular weight excluding hydrogens is 254 g/mol. The van der Waals surface area contributed by atoms with Crippen molar-refractivity contribution in [3.05, 3.63) is 24.3 Å². The van der Waals surface area contributed by atoms with Gasteiger partial charge in [0.05, 0.1) is 11.0 Å². The molecule has 5 nitrogen and oxygen atoms in total. The summed E-state index contributed by atoms with van der Waals surface area (Å²) in [7, 11) is -3.57. The first kappa shape index (κ1) is 13.3. The van der Waals surface area contributed by atoms with Crippen LogP contribution in [0.2, 0.25) is 0 Å². The highest BCUT2D eigenvalue weighted by atomic mass is 32.2. The fraction of sp³-hybridized carbons (Fsp3) is 0.500. The van der Waals surface area contributed by atoms with Crippen LogP contribution in [0.5, 0.6) is 5.75 Å². The molecule has 18 heavy (non-hydrogen) atoms. The summed E-state index contributed by atoms with van der Waals surface area (Å²) >= 11 is 0. The number of aromatic hydroxyl groups is 1. The fourth-order valence-corrected chi connectivity index (χ4v) is 3.37. The summed E-state index contributed by atoms with van der Waals surface area (Å²) < 4.78 is 32.2. The molecule has 0 aliphatic carbocycles. The number of ether oxygens (including phenoxy) is 1. The Morgan fingerprint density at radius 1 is 1.44 bits per heavy atom. The molecule has 0 amide bonds. The van der Waals surface area contributed by atoms with Crippen molar-refractivity contribution in [2.24, 2.45) is 0 Å². The predicted molar refractivity (Wildman–Crippen MR) is 66.9 cm³/mol. The molecule has 6 heteroatoms. The molecule has 0 aromatic heterocycles. The highest BCUT2D eigenvalue weighted by Gasteiger charge is 2.25. The number of phenols is 1. The van der Waals surface area contributed by atoms with Gasteiger partial charge in [-0.15, -0.1) is 0 Å². The van der Waals surface area contributed by atoms with Crippen molar-refractivity contribution in [2.75, 3.05) is 6.61 Å². The lowest BCUT2D eigenvalue weighted by Crippen LogP contribution is -2.41. The average molecular weight is 271 g/mol. The van der Waals surface area contributed by atoms with Crippen LogP contribution in [0.4, 0.5) is 0 Å². The Bertz CT molecular complexity index is 515. The molecule has 1 aromatic carbocycles. The van der Waals surface area contributed by atoms with Gasteiger partial charge < -0.3 is 9.84 Å². The molecule has 1 fully saturated rings. The Morgan fingerprint density at radius 3 is 2.89 bits per heavy atom. The van der Waals surface area contributed by atoms with Crippen LogP contribution in [0.1, 0.15) is 19.8 Å². The van der Waals surface area contributed by atoms with Gasteiger partial charge in [-0.3, -0.25) is 0 Å². The third kappa shape index (κ3) is 3.22. The Kier molecular flexibility index (Phi) is 3.89. The van der Waals surface area contributed by atoms with Crippen LogP contribution in [0.3, 0.4) is 0 Å². The smallest absolute Gasteiger partial charge is 0.240 e. The van der Waals surface area contributed by atoms with E-state index < -0.39 is 10.0 Å². The van der Waals surface area contributed by atoms with Crippen molar-refractivity contribution in [1.82, 2.24) is 4.72 Å². The van der Waals surface area contributed by atoms with Gasteiger partial charge >= 0.3 is 0 Å².